The van der Waals surface area contributed by atoms with Gasteiger partial charge in [0, 0.05) is 0 Å². The van der Waals surface area contributed by atoms with Crippen LogP contribution in [-0.4, -0.2) is 0 Å². The molecule has 0 aliphatic carbocycles. The van der Waals surface area contributed by atoms with E-state index in [1.54, 1.807) is 0 Å². The molecule has 0 bridgehead atoms. The average molecular weight is 126 g/mol. The van der Waals surface area contributed by atoms with Crippen molar-refractivity contribution in [2.45, 2.75) is 33.1 Å². The smallest absolute Gasteiger partial charge is 0.0319 e. The normalized spacial score (nSPS) is 6.89. The van der Waals surface area contributed by atoms with Crippen molar-refractivity contribution >= 4 is 0 Å². The largest absolute Gasteiger partial charge is 0.103 e. The Morgan fingerprint density at radius 1 is 1.00 bits per heavy atom. The molecule has 54 valence electrons. The summed E-state index contributed by atoms with van der Waals surface area (Å²) < 4.78 is 0. The molecule has 0 saturated heterocycles. The molecule has 0 aliphatic rings. The van der Waals surface area contributed by atoms with Gasteiger partial charge in [0.05, 0.1) is 0 Å². The van der Waals surface area contributed by atoms with Crippen LogP contribution in [0.2, 0.25) is 0 Å². The lowest BCUT2D eigenvalue weighted by molar-refractivity contribution is 1.06. The van der Waals surface area contributed by atoms with Crippen LogP contribution >= 0.6 is 0 Å². The van der Waals surface area contributed by atoms with Gasteiger partial charge in [-0.2, -0.15) is 0 Å². The van der Waals surface area contributed by atoms with Crippen LogP contribution < -0.4 is 0 Å². The lowest BCUT2D eigenvalue weighted by Gasteiger charge is -1.76. The summed E-state index contributed by atoms with van der Waals surface area (Å²) in [4.78, 5) is 0. The molecule has 0 rings (SSSR count). The van der Waals surface area contributed by atoms with Crippen LogP contribution in [0, 0.1) is 0 Å². The molecular weight excluding hydrogens is 108 g/mol. The molecule has 0 N–H and O–H groups in total. The SMILES string of the molecule is C=CCCC=C.CCC. The first-order valence-electron chi connectivity index (χ1n) is 3.55. The average Bonchev–Trinajstić information content (AvgIpc) is 1.86. The number of unbranched alkanes of at least 4 members (excludes halogenated alkanes) is 1. The van der Waals surface area contributed by atoms with E-state index in [9.17, 15) is 0 Å². The standard InChI is InChI=1S/C6H10.C3H8/c1-3-5-6-4-2;1-3-2/h3-4H,1-2,5-6H2;3H2,1-2H3. The van der Waals surface area contributed by atoms with Gasteiger partial charge in [0.1, 0.15) is 0 Å². The Hall–Kier alpha value is -0.520. The zero-order valence-electron chi connectivity index (χ0n) is 6.69. The monoisotopic (exact) mass is 126 g/mol. The summed E-state index contributed by atoms with van der Waals surface area (Å²) in [6.45, 7) is 11.4. The third-order valence-electron chi connectivity index (χ3n) is 0.575. The summed E-state index contributed by atoms with van der Waals surface area (Å²) in [7, 11) is 0. The quantitative estimate of drug-likeness (QED) is 0.400. The summed E-state index contributed by atoms with van der Waals surface area (Å²) in [5, 5.41) is 0. The second-order valence-corrected chi connectivity index (χ2v) is 1.86. The van der Waals surface area contributed by atoms with E-state index in [1.807, 2.05) is 12.2 Å². The van der Waals surface area contributed by atoms with Crippen molar-refractivity contribution in [2.24, 2.45) is 0 Å². The molecule has 0 aliphatic heterocycles. The third-order valence-corrected chi connectivity index (χ3v) is 0.575. The fourth-order valence-corrected chi connectivity index (χ4v) is 0.236. The van der Waals surface area contributed by atoms with Crippen LogP contribution in [0.4, 0.5) is 0 Å². The highest BCUT2D eigenvalue weighted by Crippen LogP contribution is 1.86. The van der Waals surface area contributed by atoms with Gasteiger partial charge in [-0.3, -0.25) is 0 Å². The van der Waals surface area contributed by atoms with Crippen LogP contribution in [0.15, 0.2) is 25.3 Å². The Morgan fingerprint density at radius 3 is 1.33 bits per heavy atom. The van der Waals surface area contributed by atoms with Crippen molar-refractivity contribution in [3.63, 3.8) is 0 Å². The molecule has 0 aromatic rings. The first-order valence-corrected chi connectivity index (χ1v) is 3.55. The number of hydrogen-bond acceptors (Lipinski definition) is 0. The highest BCUT2D eigenvalue weighted by atomic mass is 13.7. The number of hydrogen-bond donors (Lipinski definition) is 0. The van der Waals surface area contributed by atoms with Crippen molar-refractivity contribution in [3.8, 4) is 0 Å². The second kappa shape index (κ2) is 15.6. The van der Waals surface area contributed by atoms with Crippen LogP contribution in [0.5, 0.6) is 0 Å². The van der Waals surface area contributed by atoms with Gasteiger partial charge in [-0.05, 0) is 12.8 Å². The minimum atomic E-state index is 1.06. The van der Waals surface area contributed by atoms with Gasteiger partial charge in [-0.25, -0.2) is 0 Å². The van der Waals surface area contributed by atoms with Crippen molar-refractivity contribution in [3.05, 3.63) is 25.3 Å². The molecule has 0 radical (unpaired) electrons. The second-order valence-electron chi connectivity index (χ2n) is 1.86. The highest BCUT2D eigenvalue weighted by Gasteiger charge is 1.66. The molecule has 0 heteroatoms. The van der Waals surface area contributed by atoms with Gasteiger partial charge in [-0.15, -0.1) is 13.2 Å². The van der Waals surface area contributed by atoms with E-state index in [2.05, 4.69) is 27.0 Å². The molecule has 0 aromatic heterocycles. The minimum Gasteiger partial charge on any atom is -0.103 e. The molecule has 0 spiro atoms. The number of allylic oxidation sites excluding steroid dienone is 2. The fraction of sp³-hybridized carbons (Fsp3) is 0.556. The fourth-order valence-electron chi connectivity index (χ4n) is 0.236. The van der Waals surface area contributed by atoms with Gasteiger partial charge in [0.15, 0.2) is 0 Å². The highest BCUT2D eigenvalue weighted by molar-refractivity contribution is 4.74. The zero-order valence-corrected chi connectivity index (χ0v) is 6.69. The number of rotatable bonds is 3. The molecule has 0 saturated carbocycles. The Kier molecular flexibility index (Phi) is 19.6. The Balaban J connectivity index is 0. The molecular formula is C9H18. The molecule has 0 nitrogen and oxygen atoms in total. The van der Waals surface area contributed by atoms with E-state index in [0.29, 0.717) is 0 Å². The lowest BCUT2D eigenvalue weighted by atomic mass is 10.3. The lowest BCUT2D eigenvalue weighted by Crippen LogP contribution is -1.56. The molecule has 0 amide bonds. The maximum absolute atomic E-state index is 3.55. The van der Waals surface area contributed by atoms with E-state index in [-0.39, 0.29) is 0 Å². The summed E-state index contributed by atoms with van der Waals surface area (Å²) in [5.74, 6) is 0. The Morgan fingerprint density at radius 2 is 1.22 bits per heavy atom. The summed E-state index contributed by atoms with van der Waals surface area (Å²) in [6.07, 6.45) is 7.15. The Labute approximate surface area is 59.3 Å². The topological polar surface area (TPSA) is 0 Å². The molecule has 0 atom stereocenters. The Bertz CT molecular complexity index is 45.1. The predicted octanol–water partition coefficient (Wildman–Crippen LogP) is 3.55. The van der Waals surface area contributed by atoms with Crippen LogP contribution in [-0.2, 0) is 0 Å². The first kappa shape index (κ1) is 11.3. The third kappa shape index (κ3) is 36.5. The zero-order chi connectivity index (χ0) is 7.54. The molecule has 0 fully saturated rings. The predicted molar refractivity (Wildman–Crippen MR) is 45.6 cm³/mol. The van der Waals surface area contributed by atoms with E-state index in [4.69, 9.17) is 0 Å². The van der Waals surface area contributed by atoms with E-state index in [1.165, 1.54) is 6.42 Å². The van der Waals surface area contributed by atoms with E-state index >= 15 is 0 Å². The van der Waals surface area contributed by atoms with Gasteiger partial charge in [0.25, 0.3) is 0 Å². The first-order chi connectivity index (χ1) is 4.33. The molecule has 9 heavy (non-hydrogen) atoms. The van der Waals surface area contributed by atoms with Gasteiger partial charge in [0.2, 0.25) is 0 Å². The van der Waals surface area contributed by atoms with Gasteiger partial charge < -0.3 is 0 Å². The maximum Gasteiger partial charge on any atom is -0.0319 e. The van der Waals surface area contributed by atoms with Crippen molar-refractivity contribution in [1.29, 1.82) is 0 Å². The van der Waals surface area contributed by atoms with E-state index < -0.39 is 0 Å². The van der Waals surface area contributed by atoms with Gasteiger partial charge in [-0.1, -0.05) is 32.4 Å². The van der Waals surface area contributed by atoms with Crippen LogP contribution in [0.3, 0.4) is 0 Å². The van der Waals surface area contributed by atoms with Gasteiger partial charge >= 0.3 is 0 Å². The van der Waals surface area contributed by atoms with Crippen LogP contribution in [0.25, 0.3) is 0 Å². The van der Waals surface area contributed by atoms with E-state index in [0.717, 1.165) is 12.8 Å². The summed E-state index contributed by atoms with van der Waals surface area (Å²) >= 11 is 0. The van der Waals surface area contributed by atoms with Crippen LogP contribution in [0.1, 0.15) is 33.1 Å². The molecule has 0 heterocycles. The van der Waals surface area contributed by atoms with Crippen molar-refractivity contribution in [2.75, 3.05) is 0 Å². The summed E-state index contributed by atoms with van der Waals surface area (Å²) in [6, 6.07) is 0. The summed E-state index contributed by atoms with van der Waals surface area (Å²) in [5.41, 5.74) is 0. The maximum atomic E-state index is 3.55. The van der Waals surface area contributed by atoms with Crippen molar-refractivity contribution < 1.29 is 0 Å². The minimum absolute atomic E-state index is 1.06. The molecule has 0 aromatic carbocycles. The molecule has 0 unspecified atom stereocenters. The van der Waals surface area contributed by atoms with Crippen molar-refractivity contribution in [1.82, 2.24) is 0 Å².